The van der Waals surface area contributed by atoms with Crippen LogP contribution < -0.4 is 9.61 Å². The first-order chi connectivity index (χ1) is 15.8. The summed E-state index contributed by atoms with van der Waals surface area (Å²) in [7, 11) is -4.33. The van der Waals surface area contributed by atoms with E-state index in [-0.39, 0.29) is 16.0 Å². The minimum atomic E-state index is -4.33. The van der Waals surface area contributed by atoms with Gasteiger partial charge in [0, 0.05) is 10.6 Å². The Morgan fingerprint density at radius 3 is 2.33 bits per heavy atom. The molecular weight excluding hydrogens is 460 g/mol. The molecule has 0 atom stereocenters. The van der Waals surface area contributed by atoms with Crippen molar-refractivity contribution in [1.82, 2.24) is 0 Å². The topological polar surface area (TPSA) is 73.6 Å². The van der Waals surface area contributed by atoms with Crippen molar-refractivity contribution in [1.29, 1.82) is 0 Å². The number of fused-ring (bicyclic) bond motifs is 2. The Morgan fingerprint density at radius 1 is 0.848 bits per heavy atom. The Balaban J connectivity index is 1.71. The molecule has 5 aromatic rings. The fourth-order valence-corrected chi connectivity index (χ4v) is 4.74. The lowest BCUT2D eigenvalue weighted by Gasteiger charge is -2.12. The van der Waals surface area contributed by atoms with Gasteiger partial charge in [0.25, 0.3) is 0 Å². The highest BCUT2D eigenvalue weighted by molar-refractivity contribution is 7.87. The third-order valence-electron chi connectivity index (χ3n) is 5.31. The minimum Gasteiger partial charge on any atom is -0.452 e. The van der Waals surface area contributed by atoms with E-state index in [4.69, 9.17) is 20.2 Å². The van der Waals surface area contributed by atoms with Crippen LogP contribution in [0.2, 0.25) is 5.02 Å². The van der Waals surface area contributed by atoms with E-state index in [2.05, 4.69) is 0 Å². The molecule has 7 heteroatoms. The van der Waals surface area contributed by atoms with Gasteiger partial charge in [-0.15, -0.1) is 0 Å². The monoisotopic (exact) mass is 476 g/mol. The quantitative estimate of drug-likeness (QED) is 0.283. The zero-order chi connectivity index (χ0) is 23.2. The number of benzene rings is 4. The lowest BCUT2D eigenvalue weighted by molar-refractivity contribution is 0.472. The third kappa shape index (κ3) is 3.99. The molecule has 5 nitrogen and oxygen atoms in total. The number of hydrogen-bond acceptors (Lipinski definition) is 5. The smallest absolute Gasteiger partial charge is 0.339 e. The van der Waals surface area contributed by atoms with Gasteiger partial charge in [0.1, 0.15) is 10.5 Å². The van der Waals surface area contributed by atoms with E-state index < -0.39 is 21.3 Å². The fraction of sp³-hybridized carbons (Fsp3) is 0.0385. The van der Waals surface area contributed by atoms with E-state index in [1.807, 2.05) is 31.2 Å². The van der Waals surface area contributed by atoms with Crippen LogP contribution in [0.15, 0.2) is 99.0 Å². The maximum absolute atomic E-state index is 13.4. The Hall–Kier alpha value is -3.61. The highest BCUT2D eigenvalue weighted by Gasteiger charge is 2.25. The lowest BCUT2D eigenvalue weighted by atomic mass is 10.1. The molecule has 0 fully saturated rings. The zero-order valence-corrected chi connectivity index (χ0v) is 19.0. The molecule has 5 rings (SSSR count). The van der Waals surface area contributed by atoms with Gasteiger partial charge >= 0.3 is 10.1 Å². The van der Waals surface area contributed by atoms with Crippen molar-refractivity contribution in [3.8, 4) is 17.1 Å². The summed E-state index contributed by atoms with van der Waals surface area (Å²) < 4.78 is 37.9. The van der Waals surface area contributed by atoms with Gasteiger partial charge in [-0.2, -0.15) is 8.42 Å². The van der Waals surface area contributed by atoms with Crippen molar-refractivity contribution < 1.29 is 17.0 Å². The van der Waals surface area contributed by atoms with Crippen LogP contribution in [-0.4, -0.2) is 8.42 Å². The first kappa shape index (κ1) is 21.2. The summed E-state index contributed by atoms with van der Waals surface area (Å²) in [5.41, 5.74) is 1.04. The zero-order valence-electron chi connectivity index (χ0n) is 17.4. The summed E-state index contributed by atoms with van der Waals surface area (Å²) >= 11 is 6.00. The average Bonchev–Trinajstić information content (AvgIpc) is 2.81. The van der Waals surface area contributed by atoms with Crippen LogP contribution in [0.3, 0.4) is 0 Å². The van der Waals surface area contributed by atoms with Gasteiger partial charge in [-0.05, 0) is 66.2 Å². The molecule has 0 amide bonds. The van der Waals surface area contributed by atoms with E-state index in [9.17, 15) is 13.2 Å². The average molecular weight is 477 g/mol. The Kier molecular flexibility index (Phi) is 5.19. The van der Waals surface area contributed by atoms with Crippen molar-refractivity contribution in [3.63, 3.8) is 0 Å². The van der Waals surface area contributed by atoms with Gasteiger partial charge in [-0.25, -0.2) is 0 Å². The lowest BCUT2D eigenvalue weighted by Crippen LogP contribution is -2.17. The first-order valence-electron chi connectivity index (χ1n) is 10.1. The minimum absolute atomic E-state index is 0.0115. The van der Waals surface area contributed by atoms with Gasteiger partial charge in [0.15, 0.2) is 5.76 Å². The predicted molar refractivity (Wildman–Crippen MR) is 129 cm³/mol. The van der Waals surface area contributed by atoms with Crippen LogP contribution in [-0.2, 0) is 10.1 Å². The van der Waals surface area contributed by atoms with Gasteiger partial charge in [-0.3, -0.25) is 4.79 Å². The molecule has 33 heavy (non-hydrogen) atoms. The van der Waals surface area contributed by atoms with Crippen LogP contribution in [0.5, 0.6) is 5.75 Å². The molecular formula is C26H17ClO5S. The Labute approximate surface area is 194 Å². The Bertz CT molecular complexity index is 1690. The maximum atomic E-state index is 13.4. The van der Waals surface area contributed by atoms with Gasteiger partial charge in [-0.1, -0.05) is 53.6 Å². The summed E-state index contributed by atoms with van der Waals surface area (Å²) in [6, 6.07) is 23.7. The second-order valence-corrected chi connectivity index (χ2v) is 9.63. The second-order valence-electron chi connectivity index (χ2n) is 7.64. The van der Waals surface area contributed by atoms with Crippen LogP contribution in [0, 0.1) is 6.92 Å². The molecule has 0 unspecified atom stereocenters. The van der Waals surface area contributed by atoms with Crippen molar-refractivity contribution in [3.05, 3.63) is 106 Å². The Morgan fingerprint density at radius 2 is 1.58 bits per heavy atom. The van der Waals surface area contributed by atoms with Crippen molar-refractivity contribution in [2.75, 3.05) is 0 Å². The molecule has 0 saturated carbocycles. The summed E-state index contributed by atoms with van der Waals surface area (Å²) in [4.78, 5) is 13.3. The summed E-state index contributed by atoms with van der Waals surface area (Å²) in [5, 5.41) is 2.35. The summed E-state index contributed by atoms with van der Waals surface area (Å²) in [6.45, 7) is 1.83. The van der Waals surface area contributed by atoms with E-state index >= 15 is 0 Å². The normalized spacial score (nSPS) is 11.7. The molecule has 0 saturated heterocycles. The predicted octanol–water partition coefficient (Wildman–Crippen LogP) is 6.34. The van der Waals surface area contributed by atoms with Crippen LogP contribution in [0.25, 0.3) is 33.1 Å². The van der Waals surface area contributed by atoms with Gasteiger partial charge < -0.3 is 8.60 Å². The van der Waals surface area contributed by atoms with E-state index in [0.717, 1.165) is 16.3 Å². The number of halogens is 1. The molecule has 164 valence electrons. The fourth-order valence-electron chi connectivity index (χ4n) is 3.64. The molecule has 0 radical (unpaired) electrons. The third-order valence-corrected chi connectivity index (χ3v) is 6.78. The van der Waals surface area contributed by atoms with Gasteiger partial charge in [0.05, 0.1) is 5.39 Å². The van der Waals surface area contributed by atoms with Crippen LogP contribution >= 0.6 is 11.6 Å². The van der Waals surface area contributed by atoms with Gasteiger partial charge in [0.2, 0.25) is 11.2 Å². The van der Waals surface area contributed by atoms with E-state index in [1.54, 1.807) is 48.5 Å². The van der Waals surface area contributed by atoms with Crippen LogP contribution in [0.1, 0.15) is 5.56 Å². The second kappa shape index (κ2) is 8.06. The molecule has 0 aliphatic carbocycles. The summed E-state index contributed by atoms with van der Waals surface area (Å²) in [5.74, 6) is -0.388. The molecule has 1 aromatic heterocycles. The van der Waals surface area contributed by atoms with Crippen molar-refractivity contribution in [2.24, 2.45) is 0 Å². The SMILES string of the molecule is Cc1ccc2oc(-c3ccc(Cl)cc3)c(OS(=O)(=O)c3ccc4ccccc4c3)c(=O)c2c1. The van der Waals surface area contributed by atoms with E-state index in [0.29, 0.717) is 16.2 Å². The van der Waals surface area contributed by atoms with E-state index in [1.165, 1.54) is 12.1 Å². The summed E-state index contributed by atoms with van der Waals surface area (Å²) in [6.07, 6.45) is 0. The van der Waals surface area contributed by atoms with Crippen molar-refractivity contribution in [2.45, 2.75) is 11.8 Å². The molecule has 1 heterocycles. The highest BCUT2D eigenvalue weighted by Crippen LogP contribution is 2.34. The highest BCUT2D eigenvalue weighted by atomic mass is 35.5. The molecule has 0 aliphatic rings. The molecule has 0 bridgehead atoms. The molecule has 0 spiro atoms. The number of hydrogen-bond donors (Lipinski definition) is 0. The standard InChI is InChI=1S/C26H17ClO5S/c1-16-6-13-23-22(14-16)24(28)26(25(31-23)18-7-10-20(27)11-8-18)32-33(29,30)21-12-9-17-4-2-3-5-19(17)15-21/h2-15H,1H3. The molecule has 0 aliphatic heterocycles. The van der Waals surface area contributed by atoms with Crippen LogP contribution in [0.4, 0.5) is 0 Å². The molecule has 4 aromatic carbocycles. The molecule has 0 N–H and O–H groups in total. The number of aryl methyl sites for hydroxylation is 1. The number of rotatable bonds is 4. The largest absolute Gasteiger partial charge is 0.452 e. The maximum Gasteiger partial charge on any atom is 0.339 e. The van der Waals surface area contributed by atoms with Crippen molar-refractivity contribution >= 4 is 43.5 Å². The first-order valence-corrected chi connectivity index (χ1v) is 11.9.